The average molecular weight is 233 g/mol. The van der Waals surface area contributed by atoms with Gasteiger partial charge in [0, 0.05) is 19.7 Å². The summed E-state index contributed by atoms with van der Waals surface area (Å²) in [5.74, 6) is 0.810. The van der Waals surface area contributed by atoms with Crippen molar-refractivity contribution >= 4 is 0 Å². The van der Waals surface area contributed by atoms with Gasteiger partial charge < -0.3 is 10.1 Å². The predicted octanol–water partition coefficient (Wildman–Crippen LogP) is 3.15. The van der Waals surface area contributed by atoms with Gasteiger partial charge in [0.15, 0.2) is 0 Å². The minimum atomic E-state index is -0.0953. The molecular formula is C15H23NO. The van der Waals surface area contributed by atoms with Crippen LogP contribution >= 0.6 is 0 Å². The molecule has 0 aromatic heterocycles. The Hall–Kier alpha value is -0.860. The highest BCUT2D eigenvalue weighted by atomic mass is 16.5. The van der Waals surface area contributed by atoms with Crippen molar-refractivity contribution in [2.45, 2.75) is 38.3 Å². The highest BCUT2D eigenvalue weighted by Gasteiger charge is 2.33. The Morgan fingerprint density at radius 1 is 1.29 bits per heavy atom. The molecule has 0 radical (unpaired) electrons. The summed E-state index contributed by atoms with van der Waals surface area (Å²) in [7, 11) is 1.77. The second kappa shape index (κ2) is 5.19. The Labute approximate surface area is 104 Å². The second-order valence-corrected chi connectivity index (χ2v) is 5.57. The molecule has 1 N–H and O–H groups in total. The van der Waals surface area contributed by atoms with Gasteiger partial charge in [-0.3, -0.25) is 0 Å². The van der Waals surface area contributed by atoms with Gasteiger partial charge >= 0.3 is 0 Å². The van der Waals surface area contributed by atoms with Gasteiger partial charge in [0.2, 0.25) is 0 Å². The van der Waals surface area contributed by atoms with Crippen LogP contribution in [-0.4, -0.2) is 19.3 Å². The third-order valence-corrected chi connectivity index (χ3v) is 3.55. The number of hydrogen-bond acceptors (Lipinski definition) is 2. The lowest BCUT2D eigenvalue weighted by Crippen LogP contribution is -2.39. The molecule has 17 heavy (non-hydrogen) atoms. The lowest BCUT2D eigenvalue weighted by atomic mass is 10.0. The van der Waals surface area contributed by atoms with Crippen molar-refractivity contribution in [3.05, 3.63) is 35.9 Å². The van der Waals surface area contributed by atoms with Gasteiger partial charge in [0.05, 0.1) is 5.60 Å². The van der Waals surface area contributed by atoms with Crippen molar-refractivity contribution in [2.75, 3.05) is 13.7 Å². The van der Waals surface area contributed by atoms with Gasteiger partial charge in [0.25, 0.3) is 0 Å². The first kappa shape index (κ1) is 12.6. The Morgan fingerprint density at radius 2 is 1.94 bits per heavy atom. The van der Waals surface area contributed by atoms with Crippen LogP contribution in [0.1, 0.15) is 38.3 Å². The minimum absolute atomic E-state index is 0.0953. The van der Waals surface area contributed by atoms with E-state index in [9.17, 15) is 0 Å². The summed E-state index contributed by atoms with van der Waals surface area (Å²) in [5.41, 5.74) is 1.31. The summed E-state index contributed by atoms with van der Waals surface area (Å²) in [5, 5.41) is 3.66. The zero-order valence-electron chi connectivity index (χ0n) is 11.1. The van der Waals surface area contributed by atoms with Gasteiger partial charge in [-0.1, -0.05) is 30.3 Å². The summed E-state index contributed by atoms with van der Waals surface area (Å²) < 4.78 is 5.46. The fourth-order valence-electron chi connectivity index (χ4n) is 2.07. The van der Waals surface area contributed by atoms with Crippen LogP contribution in [-0.2, 0) is 4.74 Å². The zero-order valence-corrected chi connectivity index (χ0v) is 11.1. The monoisotopic (exact) mass is 233 g/mol. The van der Waals surface area contributed by atoms with Crippen LogP contribution in [0.3, 0.4) is 0 Å². The van der Waals surface area contributed by atoms with E-state index < -0.39 is 0 Å². The summed E-state index contributed by atoms with van der Waals surface area (Å²) in [6.07, 6.45) is 2.69. The number of benzene rings is 1. The van der Waals surface area contributed by atoms with E-state index in [4.69, 9.17) is 4.74 Å². The van der Waals surface area contributed by atoms with E-state index in [1.807, 2.05) is 0 Å². The highest BCUT2D eigenvalue weighted by molar-refractivity contribution is 5.21. The largest absolute Gasteiger partial charge is 0.377 e. The first-order valence-electron chi connectivity index (χ1n) is 6.46. The molecule has 0 saturated heterocycles. The van der Waals surface area contributed by atoms with E-state index in [2.05, 4.69) is 49.5 Å². The maximum absolute atomic E-state index is 5.46. The fraction of sp³-hybridized carbons (Fsp3) is 0.600. The molecular weight excluding hydrogens is 210 g/mol. The summed E-state index contributed by atoms with van der Waals surface area (Å²) in [6.45, 7) is 5.13. The number of methoxy groups -OCH3 is 1. The zero-order chi connectivity index (χ0) is 12.3. The van der Waals surface area contributed by atoms with Crippen LogP contribution in [0.25, 0.3) is 0 Å². The molecule has 2 nitrogen and oxygen atoms in total. The Morgan fingerprint density at radius 3 is 2.47 bits per heavy atom. The Bertz CT molecular complexity index is 343. The molecule has 1 unspecified atom stereocenters. The van der Waals surface area contributed by atoms with E-state index in [1.54, 1.807) is 7.11 Å². The van der Waals surface area contributed by atoms with E-state index in [0.717, 1.165) is 12.5 Å². The van der Waals surface area contributed by atoms with Gasteiger partial charge in [0.1, 0.15) is 0 Å². The molecule has 1 aromatic carbocycles. The van der Waals surface area contributed by atoms with Crippen LogP contribution in [0.5, 0.6) is 0 Å². The SMILES string of the molecule is COC(C)(C)CNC(c1ccccc1)C1CC1. The summed E-state index contributed by atoms with van der Waals surface area (Å²) in [4.78, 5) is 0. The normalized spacial score (nSPS) is 18.1. The van der Waals surface area contributed by atoms with E-state index in [0.29, 0.717) is 6.04 Å². The van der Waals surface area contributed by atoms with Crippen molar-refractivity contribution in [2.24, 2.45) is 5.92 Å². The van der Waals surface area contributed by atoms with Gasteiger partial charge in [-0.15, -0.1) is 0 Å². The van der Waals surface area contributed by atoms with Crippen LogP contribution in [0.4, 0.5) is 0 Å². The smallest absolute Gasteiger partial charge is 0.0746 e. The van der Waals surface area contributed by atoms with Crippen LogP contribution in [0, 0.1) is 5.92 Å². The third-order valence-electron chi connectivity index (χ3n) is 3.55. The van der Waals surface area contributed by atoms with Crippen LogP contribution in [0.2, 0.25) is 0 Å². The van der Waals surface area contributed by atoms with Crippen molar-refractivity contribution < 1.29 is 4.74 Å². The Balaban J connectivity index is 1.99. The molecule has 0 amide bonds. The molecule has 1 saturated carbocycles. The molecule has 2 heteroatoms. The second-order valence-electron chi connectivity index (χ2n) is 5.57. The minimum Gasteiger partial charge on any atom is -0.377 e. The van der Waals surface area contributed by atoms with E-state index in [1.165, 1.54) is 18.4 Å². The lowest BCUT2D eigenvalue weighted by Gasteiger charge is -2.27. The number of hydrogen-bond donors (Lipinski definition) is 1. The molecule has 1 aliphatic carbocycles. The topological polar surface area (TPSA) is 21.3 Å². The van der Waals surface area contributed by atoms with Crippen LogP contribution < -0.4 is 5.32 Å². The first-order valence-corrected chi connectivity index (χ1v) is 6.46. The number of rotatable bonds is 6. The van der Waals surface area contributed by atoms with Gasteiger partial charge in [-0.25, -0.2) is 0 Å². The summed E-state index contributed by atoms with van der Waals surface area (Å²) in [6, 6.07) is 11.2. The van der Waals surface area contributed by atoms with Crippen molar-refractivity contribution in [3.63, 3.8) is 0 Å². The molecule has 0 heterocycles. The average Bonchev–Trinajstić information content (AvgIpc) is 3.15. The molecule has 1 atom stereocenters. The quantitative estimate of drug-likeness (QED) is 0.815. The van der Waals surface area contributed by atoms with Crippen molar-refractivity contribution in [3.8, 4) is 0 Å². The standard InChI is InChI=1S/C15H23NO/c1-15(2,17-3)11-16-14(13-9-10-13)12-7-5-4-6-8-12/h4-8,13-14,16H,9-11H2,1-3H3. The molecule has 0 aliphatic heterocycles. The molecule has 1 aliphatic rings. The molecule has 1 fully saturated rings. The molecule has 0 bridgehead atoms. The highest BCUT2D eigenvalue weighted by Crippen LogP contribution is 2.41. The number of ether oxygens (including phenoxy) is 1. The predicted molar refractivity (Wildman–Crippen MR) is 71.0 cm³/mol. The Kier molecular flexibility index (Phi) is 3.85. The lowest BCUT2D eigenvalue weighted by molar-refractivity contribution is 0.0204. The molecule has 2 rings (SSSR count). The maximum Gasteiger partial charge on any atom is 0.0746 e. The number of nitrogens with one attached hydrogen (secondary N) is 1. The molecule has 0 spiro atoms. The maximum atomic E-state index is 5.46. The molecule has 1 aromatic rings. The van der Waals surface area contributed by atoms with Crippen LogP contribution in [0.15, 0.2) is 30.3 Å². The van der Waals surface area contributed by atoms with Crippen molar-refractivity contribution in [1.29, 1.82) is 0 Å². The third kappa shape index (κ3) is 3.55. The first-order chi connectivity index (χ1) is 8.12. The van der Waals surface area contributed by atoms with E-state index in [-0.39, 0.29) is 5.60 Å². The van der Waals surface area contributed by atoms with Crippen molar-refractivity contribution in [1.82, 2.24) is 5.32 Å². The van der Waals surface area contributed by atoms with Gasteiger partial charge in [-0.2, -0.15) is 0 Å². The van der Waals surface area contributed by atoms with Gasteiger partial charge in [-0.05, 0) is 38.2 Å². The summed E-state index contributed by atoms with van der Waals surface area (Å²) >= 11 is 0. The molecule has 94 valence electrons. The van der Waals surface area contributed by atoms with E-state index >= 15 is 0 Å². The fourth-order valence-corrected chi connectivity index (χ4v) is 2.07.